The fourth-order valence-electron chi connectivity index (χ4n) is 4.11. The Kier molecular flexibility index (Phi) is 8.64. The van der Waals surface area contributed by atoms with Crippen LogP contribution in [0.3, 0.4) is 0 Å². The Bertz CT molecular complexity index is 1240. The molecular formula is C28H30FNO6. The van der Waals surface area contributed by atoms with Crippen LogP contribution in [0.15, 0.2) is 42.5 Å². The van der Waals surface area contributed by atoms with Crippen LogP contribution in [0.2, 0.25) is 0 Å². The largest absolute Gasteiger partial charge is 0.492 e. The van der Waals surface area contributed by atoms with Crippen molar-refractivity contribution in [3.8, 4) is 11.5 Å². The molecule has 0 saturated carbocycles. The number of fused-ring (bicyclic) bond motifs is 2. The molecule has 0 atom stereocenters. The number of amides is 2. The summed E-state index contributed by atoms with van der Waals surface area (Å²) in [6.07, 6.45) is -0.254. The summed E-state index contributed by atoms with van der Waals surface area (Å²) >= 11 is 0. The smallest absolute Gasteiger partial charge is 0.310 e. The van der Waals surface area contributed by atoms with Crippen LogP contribution in [0, 0.1) is 5.82 Å². The number of carbonyl (C=O) groups excluding carboxylic acids is 3. The van der Waals surface area contributed by atoms with Crippen LogP contribution in [0.25, 0.3) is 10.8 Å². The highest BCUT2D eigenvalue weighted by molar-refractivity contribution is 6.38. The first-order chi connectivity index (χ1) is 17.4. The van der Waals surface area contributed by atoms with Crippen LogP contribution < -0.4 is 14.4 Å². The SMILES string of the molecule is CC.CCOC(=O)Cc1ccc(N2C(=O)c3c(c(OCC)c4ccccc4c3OCC)C2=O)cc1F. The maximum Gasteiger partial charge on any atom is 0.310 e. The van der Waals surface area contributed by atoms with Gasteiger partial charge in [0.25, 0.3) is 11.8 Å². The minimum atomic E-state index is -0.720. The average molecular weight is 496 g/mol. The molecule has 7 nitrogen and oxygen atoms in total. The quantitative estimate of drug-likeness (QED) is 0.294. The Morgan fingerprint density at radius 1 is 0.833 bits per heavy atom. The van der Waals surface area contributed by atoms with Gasteiger partial charge in [-0.1, -0.05) is 44.2 Å². The van der Waals surface area contributed by atoms with Gasteiger partial charge >= 0.3 is 5.97 Å². The van der Waals surface area contributed by atoms with E-state index in [9.17, 15) is 18.8 Å². The predicted molar refractivity (Wildman–Crippen MR) is 136 cm³/mol. The van der Waals surface area contributed by atoms with Crippen LogP contribution in [0.1, 0.15) is 60.9 Å². The molecule has 0 saturated heterocycles. The number of ether oxygens (including phenoxy) is 3. The fraction of sp³-hybridized carbons (Fsp3) is 0.321. The van der Waals surface area contributed by atoms with E-state index in [0.29, 0.717) is 10.8 Å². The Balaban J connectivity index is 0.00000176. The first kappa shape index (κ1) is 26.7. The minimum Gasteiger partial charge on any atom is -0.492 e. The number of carbonyl (C=O) groups is 3. The molecule has 8 heteroatoms. The van der Waals surface area contributed by atoms with Crippen molar-refractivity contribution in [3.63, 3.8) is 0 Å². The number of nitrogens with zero attached hydrogens (tertiary/aromatic N) is 1. The molecule has 0 radical (unpaired) electrons. The van der Waals surface area contributed by atoms with Crippen molar-refractivity contribution < 1.29 is 33.0 Å². The average Bonchev–Trinajstić information content (AvgIpc) is 3.14. The number of halogens is 1. The molecule has 36 heavy (non-hydrogen) atoms. The van der Waals surface area contributed by atoms with Crippen molar-refractivity contribution in [2.45, 2.75) is 41.0 Å². The van der Waals surface area contributed by atoms with Gasteiger partial charge in [-0.25, -0.2) is 9.29 Å². The van der Waals surface area contributed by atoms with E-state index in [1.165, 1.54) is 12.1 Å². The Morgan fingerprint density at radius 3 is 1.81 bits per heavy atom. The first-order valence-corrected chi connectivity index (χ1v) is 12.1. The lowest BCUT2D eigenvalue weighted by Gasteiger charge is -2.15. The van der Waals surface area contributed by atoms with E-state index < -0.39 is 23.6 Å². The molecule has 190 valence electrons. The highest BCUT2D eigenvalue weighted by Gasteiger charge is 2.43. The predicted octanol–water partition coefficient (Wildman–Crippen LogP) is 5.71. The van der Waals surface area contributed by atoms with Crippen LogP contribution in [0.5, 0.6) is 11.5 Å². The van der Waals surface area contributed by atoms with Crippen LogP contribution >= 0.6 is 0 Å². The third kappa shape index (κ3) is 4.76. The number of hydrogen-bond acceptors (Lipinski definition) is 6. The van der Waals surface area contributed by atoms with Crippen molar-refractivity contribution in [3.05, 3.63) is 65.0 Å². The highest BCUT2D eigenvalue weighted by Crippen LogP contribution is 2.46. The maximum absolute atomic E-state index is 14.8. The molecule has 0 aliphatic carbocycles. The van der Waals surface area contributed by atoms with E-state index in [1.807, 2.05) is 26.0 Å². The van der Waals surface area contributed by atoms with Crippen LogP contribution in [0.4, 0.5) is 10.1 Å². The molecule has 4 rings (SSSR count). The third-order valence-corrected chi connectivity index (χ3v) is 5.47. The molecule has 1 aliphatic heterocycles. The van der Waals surface area contributed by atoms with Crippen molar-refractivity contribution in [1.82, 2.24) is 0 Å². The Hall–Kier alpha value is -3.94. The monoisotopic (exact) mass is 495 g/mol. The second-order valence-electron chi connectivity index (χ2n) is 7.52. The van der Waals surface area contributed by atoms with Gasteiger partial charge in [0.2, 0.25) is 0 Å². The molecule has 0 spiro atoms. The lowest BCUT2D eigenvalue weighted by molar-refractivity contribution is -0.142. The fourth-order valence-corrected chi connectivity index (χ4v) is 4.11. The third-order valence-electron chi connectivity index (χ3n) is 5.47. The van der Waals surface area contributed by atoms with Crippen molar-refractivity contribution in [1.29, 1.82) is 0 Å². The molecule has 3 aromatic carbocycles. The van der Waals surface area contributed by atoms with Gasteiger partial charge in [0.15, 0.2) is 0 Å². The highest BCUT2D eigenvalue weighted by atomic mass is 19.1. The lowest BCUT2D eigenvalue weighted by atomic mass is 9.99. The summed E-state index contributed by atoms with van der Waals surface area (Å²) in [4.78, 5) is 39.7. The number of esters is 1. The van der Waals surface area contributed by atoms with Gasteiger partial charge in [0.1, 0.15) is 17.3 Å². The molecule has 0 unspecified atom stereocenters. The molecule has 0 N–H and O–H groups in total. The minimum absolute atomic E-state index is 0.0465. The van der Waals surface area contributed by atoms with Gasteiger partial charge in [-0.05, 0) is 38.5 Å². The summed E-state index contributed by atoms with van der Waals surface area (Å²) in [7, 11) is 0. The molecule has 0 aromatic heterocycles. The number of imide groups is 1. The van der Waals surface area contributed by atoms with E-state index in [2.05, 4.69) is 0 Å². The zero-order valence-corrected chi connectivity index (χ0v) is 21.1. The van der Waals surface area contributed by atoms with E-state index in [4.69, 9.17) is 14.2 Å². The van der Waals surface area contributed by atoms with E-state index >= 15 is 0 Å². The summed E-state index contributed by atoms with van der Waals surface area (Å²) in [6, 6.07) is 11.1. The Labute approximate surface area is 209 Å². The van der Waals surface area contributed by atoms with Crippen molar-refractivity contribution in [2.75, 3.05) is 24.7 Å². The first-order valence-electron chi connectivity index (χ1n) is 12.1. The van der Waals surface area contributed by atoms with E-state index in [1.54, 1.807) is 32.9 Å². The van der Waals surface area contributed by atoms with E-state index in [0.717, 1.165) is 11.0 Å². The van der Waals surface area contributed by atoms with Gasteiger partial charge in [-0.3, -0.25) is 14.4 Å². The maximum atomic E-state index is 14.8. The molecule has 1 heterocycles. The standard InChI is InChI=1S/C26H24FNO6.C2H6/c1-4-32-20(29)13-15-11-12-16(14-19(15)27)28-25(30)21-22(26(28)31)24(34-6-3)18-10-8-7-9-17(18)23(21)33-5-2;1-2/h7-12,14H,4-6,13H2,1-3H3;1-2H3. The molecular weight excluding hydrogens is 465 g/mol. The van der Waals surface area contributed by atoms with Gasteiger partial charge in [-0.2, -0.15) is 0 Å². The number of rotatable bonds is 8. The van der Waals surface area contributed by atoms with Crippen molar-refractivity contribution in [2.24, 2.45) is 0 Å². The summed E-state index contributed by atoms with van der Waals surface area (Å²) < 4.78 is 31.3. The van der Waals surface area contributed by atoms with Crippen molar-refractivity contribution >= 4 is 34.2 Å². The molecule has 3 aromatic rings. The van der Waals surface area contributed by atoms with Crippen LogP contribution in [-0.4, -0.2) is 37.6 Å². The van der Waals surface area contributed by atoms with Crippen LogP contribution in [-0.2, 0) is 16.0 Å². The van der Waals surface area contributed by atoms with Gasteiger partial charge in [0, 0.05) is 10.8 Å². The summed E-state index contributed by atoms with van der Waals surface area (Å²) in [5.74, 6) is -1.97. The number of anilines is 1. The molecule has 0 fully saturated rings. The summed E-state index contributed by atoms with van der Waals surface area (Å²) in [5, 5.41) is 1.29. The topological polar surface area (TPSA) is 82.1 Å². The van der Waals surface area contributed by atoms with Gasteiger partial charge in [-0.15, -0.1) is 0 Å². The van der Waals surface area contributed by atoms with E-state index in [-0.39, 0.29) is 60.1 Å². The zero-order chi connectivity index (χ0) is 26.4. The molecule has 0 bridgehead atoms. The summed E-state index contributed by atoms with van der Waals surface area (Å²) in [5.41, 5.74) is 0.329. The molecule has 2 amide bonds. The van der Waals surface area contributed by atoms with Gasteiger partial charge in [0.05, 0.1) is 43.1 Å². The normalized spacial score (nSPS) is 12.2. The second-order valence-corrected chi connectivity index (χ2v) is 7.52. The van der Waals surface area contributed by atoms with Gasteiger partial charge < -0.3 is 14.2 Å². The number of hydrogen-bond donors (Lipinski definition) is 0. The summed E-state index contributed by atoms with van der Waals surface area (Å²) in [6.45, 7) is 9.98. The molecule has 1 aliphatic rings. The lowest BCUT2D eigenvalue weighted by Crippen LogP contribution is -2.29. The number of benzene rings is 3. The zero-order valence-electron chi connectivity index (χ0n) is 21.1. The second kappa shape index (κ2) is 11.7. The Morgan fingerprint density at radius 2 is 1.36 bits per heavy atom.